The molecular weight excluding hydrogens is 500 g/mol. The van der Waals surface area contributed by atoms with Gasteiger partial charge in [-0.05, 0) is 19.3 Å². The molecule has 0 aliphatic rings. The van der Waals surface area contributed by atoms with Crippen LogP contribution in [0.5, 0.6) is 0 Å². The lowest BCUT2D eigenvalue weighted by Crippen LogP contribution is -2.49. The maximum Gasteiger partial charge on any atom is 0.433 e. The van der Waals surface area contributed by atoms with Gasteiger partial charge in [-0.1, -0.05) is 91.4 Å². The van der Waals surface area contributed by atoms with Crippen LogP contribution in [-0.2, 0) is 9.53 Å². The van der Waals surface area contributed by atoms with Crippen LogP contribution in [0, 0.1) is 0 Å². The van der Waals surface area contributed by atoms with Crippen LogP contribution in [0.1, 0.15) is 117 Å². The SMILES string of the molecule is CCCCC(F)(CO)C(F)(F)F.CCCCCCCCCCC(F)(C(=O)OCCCCC)C(F)(F)F. The second-order valence-corrected chi connectivity index (χ2v) is 9.09. The van der Waals surface area contributed by atoms with Crippen LogP contribution in [0.15, 0.2) is 0 Å². The molecule has 1 N–H and O–H groups in total. The number of ether oxygens (including phenoxy) is 1. The van der Waals surface area contributed by atoms with E-state index in [4.69, 9.17) is 5.11 Å². The van der Waals surface area contributed by atoms with E-state index in [0.29, 0.717) is 19.3 Å². The van der Waals surface area contributed by atoms with Crippen molar-refractivity contribution < 1.29 is 49.8 Å². The number of rotatable bonds is 18. The highest BCUT2D eigenvalue weighted by Gasteiger charge is 2.62. The first kappa shape index (κ1) is 37.0. The molecule has 11 heteroatoms. The zero-order valence-corrected chi connectivity index (χ0v) is 21.8. The van der Waals surface area contributed by atoms with Crippen LogP contribution < -0.4 is 0 Å². The van der Waals surface area contributed by atoms with Gasteiger partial charge in [-0.15, -0.1) is 0 Å². The fourth-order valence-corrected chi connectivity index (χ4v) is 3.26. The second-order valence-electron chi connectivity index (χ2n) is 9.09. The summed E-state index contributed by atoms with van der Waals surface area (Å²) < 4.78 is 106. The van der Waals surface area contributed by atoms with Crippen LogP contribution >= 0.6 is 0 Å². The predicted octanol–water partition coefficient (Wildman–Crippen LogP) is 8.96. The zero-order valence-electron chi connectivity index (χ0n) is 21.8. The highest BCUT2D eigenvalue weighted by Crippen LogP contribution is 2.39. The van der Waals surface area contributed by atoms with Crippen molar-refractivity contribution in [1.82, 2.24) is 0 Å². The lowest BCUT2D eigenvalue weighted by Gasteiger charge is -2.25. The van der Waals surface area contributed by atoms with Gasteiger partial charge in [-0.3, -0.25) is 0 Å². The number of carbonyl (C=O) groups is 1. The summed E-state index contributed by atoms with van der Waals surface area (Å²) in [5.41, 5.74) is -7.29. The van der Waals surface area contributed by atoms with Crippen molar-refractivity contribution >= 4 is 5.97 Å². The Labute approximate surface area is 210 Å². The van der Waals surface area contributed by atoms with Crippen molar-refractivity contribution in [2.45, 2.75) is 141 Å². The Morgan fingerprint density at radius 2 is 1.06 bits per heavy atom. The molecule has 0 spiro atoms. The van der Waals surface area contributed by atoms with Gasteiger partial charge in [-0.2, -0.15) is 26.3 Å². The summed E-state index contributed by atoms with van der Waals surface area (Å²) in [6.45, 7) is 4.04. The largest absolute Gasteiger partial charge is 0.463 e. The molecule has 0 fully saturated rings. The van der Waals surface area contributed by atoms with Crippen molar-refractivity contribution in [3.05, 3.63) is 0 Å². The molecule has 0 bridgehead atoms. The molecule has 0 aliphatic heterocycles. The predicted molar refractivity (Wildman–Crippen MR) is 124 cm³/mol. The van der Waals surface area contributed by atoms with E-state index in [-0.39, 0.29) is 19.4 Å². The van der Waals surface area contributed by atoms with E-state index >= 15 is 0 Å². The molecule has 36 heavy (non-hydrogen) atoms. The Kier molecular flexibility index (Phi) is 19.6. The molecule has 3 nitrogen and oxygen atoms in total. The van der Waals surface area contributed by atoms with E-state index in [1.807, 2.05) is 6.92 Å². The van der Waals surface area contributed by atoms with Gasteiger partial charge in [0.25, 0.3) is 0 Å². The molecule has 0 saturated carbocycles. The van der Waals surface area contributed by atoms with E-state index in [9.17, 15) is 39.9 Å². The molecule has 0 amide bonds. The molecule has 0 rings (SSSR count). The van der Waals surface area contributed by atoms with Gasteiger partial charge in [0.15, 0.2) is 0 Å². The van der Waals surface area contributed by atoms with Gasteiger partial charge in [0, 0.05) is 6.42 Å². The molecule has 0 radical (unpaired) electrons. The van der Waals surface area contributed by atoms with Crippen LogP contribution in [0.25, 0.3) is 0 Å². The fourth-order valence-electron chi connectivity index (χ4n) is 3.26. The number of aliphatic hydroxyl groups is 1. The van der Waals surface area contributed by atoms with Crippen molar-refractivity contribution in [3.63, 3.8) is 0 Å². The first-order chi connectivity index (χ1) is 16.7. The van der Waals surface area contributed by atoms with Gasteiger partial charge in [0.1, 0.15) is 0 Å². The summed E-state index contributed by atoms with van der Waals surface area (Å²) in [5, 5.41) is 8.25. The van der Waals surface area contributed by atoms with Crippen LogP contribution in [0.3, 0.4) is 0 Å². The number of carbonyl (C=O) groups excluding carboxylic acids is 1. The van der Waals surface area contributed by atoms with E-state index in [1.165, 1.54) is 0 Å². The smallest absolute Gasteiger partial charge is 0.433 e. The highest BCUT2D eigenvalue weighted by molar-refractivity contribution is 5.80. The normalized spacial score (nSPS) is 15.4. The fraction of sp³-hybridized carbons (Fsp3) is 0.960. The third-order valence-corrected chi connectivity index (χ3v) is 5.81. The van der Waals surface area contributed by atoms with E-state index in [0.717, 1.165) is 51.4 Å². The van der Waals surface area contributed by atoms with E-state index < -0.39 is 49.1 Å². The summed E-state index contributed by atoms with van der Waals surface area (Å²) >= 11 is 0. The second kappa shape index (κ2) is 19.0. The van der Waals surface area contributed by atoms with Crippen molar-refractivity contribution in [2.75, 3.05) is 13.2 Å². The Hall–Kier alpha value is -1.13. The molecule has 0 aromatic heterocycles. The van der Waals surface area contributed by atoms with Crippen LogP contribution in [0.2, 0.25) is 0 Å². The maximum atomic E-state index is 14.3. The van der Waals surface area contributed by atoms with Crippen molar-refractivity contribution in [3.8, 4) is 0 Å². The van der Waals surface area contributed by atoms with Gasteiger partial charge in [0.05, 0.1) is 13.2 Å². The highest BCUT2D eigenvalue weighted by atomic mass is 19.4. The molecule has 218 valence electrons. The van der Waals surface area contributed by atoms with Gasteiger partial charge in [-0.25, -0.2) is 13.6 Å². The summed E-state index contributed by atoms with van der Waals surface area (Å²) in [6, 6.07) is 0. The number of hydrogen-bond acceptors (Lipinski definition) is 3. The van der Waals surface area contributed by atoms with Crippen LogP contribution in [0.4, 0.5) is 35.1 Å². The lowest BCUT2D eigenvalue weighted by atomic mass is 9.96. The van der Waals surface area contributed by atoms with Crippen molar-refractivity contribution in [1.29, 1.82) is 0 Å². The summed E-state index contributed by atoms with van der Waals surface area (Å²) in [5.74, 6) is -1.78. The monoisotopic (exact) mass is 544 g/mol. The Morgan fingerprint density at radius 1 is 0.611 bits per heavy atom. The minimum atomic E-state index is -5.23. The molecule has 0 heterocycles. The number of unbranched alkanes of at least 4 members (excludes halogenated alkanes) is 10. The zero-order chi connectivity index (χ0) is 28.3. The quantitative estimate of drug-likeness (QED) is 0.106. The first-order valence-electron chi connectivity index (χ1n) is 13.0. The average molecular weight is 545 g/mol. The number of halogens is 8. The Bertz CT molecular complexity index is 554. The molecule has 0 saturated heterocycles. The van der Waals surface area contributed by atoms with E-state index in [1.54, 1.807) is 6.92 Å². The molecule has 2 atom stereocenters. The first-order valence-corrected chi connectivity index (χ1v) is 13.0. The molecule has 0 aromatic rings. The molecule has 0 aliphatic carbocycles. The number of esters is 1. The Morgan fingerprint density at radius 3 is 1.47 bits per heavy atom. The average Bonchev–Trinajstić information content (AvgIpc) is 2.80. The molecule has 2 unspecified atom stereocenters. The number of aliphatic hydroxyl groups excluding tert-OH is 1. The number of hydrogen-bond donors (Lipinski definition) is 1. The standard InChI is InChI=1S/C18H32F4O2.C7H12F4O/c1-3-5-7-8-9-10-11-12-14-17(19,18(20,21)22)16(23)24-15-13-6-4-2;1-2-3-4-6(8,5-12)7(9,10)11/h3-15H2,1-2H3;12H,2-5H2,1H3. The molecular formula is C25H44F8O3. The van der Waals surface area contributed by atoms with Gasteiger partial charge in [0.2, 0.25) is 5.67 Å². The van der Waals surface area contributed by atoms with Crippen LogP contribution in [-0.4, -0.2) is 48.0 Å². The summed E-state index contributed by atoms with van der Waals surface area (Å²) in [6.07, 6.45) is -2.38. The lowest BCUT2D eigenvalue weighted by molar-refractivity contribution is -0.243. The minimum Gasteiger partial charge on any atom is -0.463 e. The summed E-state index contributed by atoms with van der Waals surface area (Å²) in [7, 11) is 0. The third kappa shape index (κ3) is 14.6. The van der Waals surface area contributed by atoms with E-state index in [2.05, 4.69) is 11.7 Å². The topological polar surface area (TPSA) is 46.5 Å². The number of alkyl halides is 8. The summed E-state index contributed by atoms with van der Waals surface area (Å²) in [4.78, 5) is 11.6. The Balaban J connectivity index is 0. The van der Waals surface area contributed by atoms with Gasteiger partial charge >= 0.3 is 24.0 Å². The van der Waals surface area contributed by atoms with Gasteiger partial charge < -0.3 is 9.84 Å². The minimum absolute atomic E-state index is 0.0356. The molecule has 0 aromatic carbocycles. The maximum absolute atomic E-state index is 14.3. The third-order valence-electron chi connectivity index (χ3n) is 5.81. The van der Waals surface area contributed by atoms with Crippen molar-refractivity contribution in [2.24, 2.45) is 0 Å².